The van der Waals surface area contributed by atoms with E-state index in [1.807, 2.05) is 32.9 Å². The van der Waals surface area contributed by atoms with Gasteiger partial charge in [-0.25, -0.2) is 0 Å². The van der Waals surface area contributed by atoms with Gasteiger partial charge in [-0.15, -0.1) is 12.4 Å². The van der Waals surface area contributed by atoms with E-state index in [1.54, 1.807) is 6.07 Å². The van der Waals surface area contributed by atoms with Crippen molar-refractivity contribution in [2.75, 3.05) is 6.54 Å². The molecule has 2 rings (SSSR count). The van der Waals surface area contributed by atoms with Crippen LogP contribution in [0.2, 0.25) is 5.02 Å². The lowest BCUT2D eigenvalue weighted by molar-refractivity contribution is 0.0915. The second-order valence-electron chi connectivity index (χ2n) is 5.42. The number of hydrogen-bond acceptors (Lipinski definition) is 3. The van der Waals surface area contributed by atoms with Crippen molar-refractivity contribution in [3.63, 3.8) is 0 Å². The Morgan fingerprint density at radius 1 is 1.36 bits per heavy atom. The average Bonchev–Trinajstić information content (AvgIpc) is 2.83. The SMILES string of the molecule is CCC(N)(CC)CNC(=O)c1oc2c(Cl)cccc2c1C.Cl. The number of fused-ring (bicyclic) bond motifs is 1. The fourth-order valence-corrected chi connectivity index (χ4v) is 2.48. The first kappa shape index (κ1) is 18.8. The molecule has 22 heavy (non-hydrogen) atoms. The van der Waals surface area contributed by atoms with Gasteiger partial charge in [-0.05, 0) is 25.8 Å². The maximum Gasteiger partial charge on any atom is 0.287 e. The Morgan fingerprint density at radius 3 is 2.55 bits per heavy atom. The molecule has 4 nitrogen and oxygen atoms in total. The quantitative estimate of drug-likeness (QED) is 0.859. The molecule has 1 aromatic carbocycles. The highest BCUT2D eigenvalue weighted by Gasteiger charge is 2.24. The average molecular weight is 345 g/mol. The summed E-state index contributed by atoms with van der Waals surface area (Å²) in [4.78, 5) is 12.3. The Hall–Kier alpha value is -1.23. The zero-order valence-electron chi connectivity index (χ0n) is 13.0. The standard InChI is InChI=1S/C16H21ClN2O2.ClH/c1-4-16(18,5-2)9-19-15(20)13-10(3)11-7-6-8-12(17)14(11)21-13;/h6-8H,4-5,9,18H2,1-3H3,(H,19,20);1H. The van der Waals surface area contributed by atoms with Crippen molar-refractivity contribution in [1.29, 1.82) is 0 Å². The van der Waals surface area contributed by atoms with Crippen LogP contribution in [0, 0.1) is 6.92 Å². The van der Waals surface area contributed by atoms with Gasteiger partial charge in [0.25, 0.3) is 5.91 Å². The van der Waals surface area contributed by atoms with Crippen LogP contribution in [0.4, 0.5) is 0 Å². The number of aryl methyl sites for hydroxylation is 1. The van der Waals surface area contributed by atoms with Crippen molar-refractivity contribution in [3.8, 4) is 0 Å². The zero-order valence-corrected chi connectivity index (χ0v) is 14.6. The number of nitrogens with two attached hydrogens (primary N) is 1. The predicted molar refractivity (Wildman–Crippen MR) is 93.0 cm³/mol. The number of halogens is 2. The van der Waals surface area contributed by atoms with E-state index in [4.69, 9.17) is 21.8 Å². The zero-order chi connectivity index (χ0) is 15.6. The smallest absolute Gasteiger partial charge is 0.287 e. The summed E-state index contributed by atoms with van der Waals surface area (Å²) in [5.74, 6) is 0.0455. The van der Waals surface area contributed by atoms with Crippen LogP contribution in [-0.4, -0.2) is 18.0 Å². The number of benzene rings is 1. The van der Waals surface area contributed by atoms with Crippen LogP contribution in [0.25, 0.3) is 11.0 Å². The molecule has 0 bridgehead atoms. The lowest BCUT2D eigenvalue weighted by Gasteiger charge is -2.26. The van der Waals surface area contributed by atoms with E-state index in [2.05, 4.69) is 5.32 Å². The molecule has 1 amide bonds. The molecule has 6 heteroatoms. The molecule has 0 aliphatic heterocycles. The molecule has 0 atom stereocenters. The molecule has 0 aliphatic rings. The minimum Gasteiger partial charge on any atom is -0.449 e. The summed E-state index contributed by atoms with van der Waals surface area (Å²) in [6.07, 6.45) is 1.60. The van der Waals surface area contributed by atoms with Gasteiger partial charge in [0.2, 0.25) is 0 Å². The molecule has 0 saturated carbocycles. The number of carbonyl (C=O) groups excluding carboxylic acids is 1. The molecular formula is C16H22Cl2N2O2. The first-order chi connectivity index (χ1) is 9.91. The summed E-state index contributed by atoms with van der Waals surface area (Å²) in [5.41, 5.74) is 7.15. The molecule has 0 aliphatic carbocycles. The van der Waals surface area contributed by atoms with E-state index < -0.39 is 0 Å². The largest absolute Gasteiger partial charge is 0.449 e. The molecule has 2 aromatic rings. The van der Waals surface area contributed by atoms with E-state index in [9.17, 15) is 4.79 Å². The van der Waals surface area contributed by atoms with Crippen LogP contribution in [0.1, 0.15) is 42.8 Å². The molecule has 1 heterocycles. The van der Waals surface area contributed by atoms with E-state index in [0.29, 0.717) is 22.9 Å². The normalized spacial score (nSPS) is 11.3. The van der Waals surface area contributed by atoms with Crippen molar-refractivity contribution in [3.05, 3.63) is 34.5 Å². The lowest BCUT2D eigenvalue weighted by atomic mass is 9.94. The molecule has 0 unspecified atom stereocenters. The Kier molecular flexibility index (Phi) is 6.29. The second kappa shape index (κ2) is 7.36. The van der Waals surface area contributed by atoms with Gasteiger partial charge in [0.05, 0.1) is 5.02 Å². The van der Waals surface area contributed by atoms with Gasteiger partial charge in [-0.3, -0.25) is 4.79 Å². The number of amides is 1. The Bertz CT molecular complexity index is 663. The van der Waals surface area contributed by atoms with E-state index in [-0.39, 0.29) is 23.9 Å². The fourth-order valence-electron chi connectivity index (χ4n) is 2.26. The molecular weight excluding hydrogens is 323 g/mol. The third-order valence-electron chi connectivity index (χ3n) is 4.13. The summed E-state index contributed by atoms with van der Waals surface area (Å²) in [6, 6.07) is 5.48. The van der Waals surface area contributed by atoms with Crippen LogP contribution in [-0.2, 0) is 0 Å². The molecule has 1 aromatic heterocycles. The summed E-state index contributed by atoms with van der Waals surface area (Å²) in [7, 11) is 0. The van der Waals surface area contributed by atoms with Gasteiger partial charge in [0.1, 0.15) is 0 Å². The number of nitrogens with one attached hydrogen (secondary N) is 1. The van der Waals surface area contributed by atoms with E-state index in [0.717, 1.165) is 23.8 Å². The first-order valence-electron chi connectivity index (χ1n) is 7.16. The monoisotopic (exact) mass is 344 g/mol. The minimum atomic E-state index is -0.382. The summed E-state index contributed by atoms with van der Waals surface area (Å²) < 4.78 is 5.64. The molecule has 0 saturated heterocycles. The first-order valence-corrected chi connectivity index (χ1v) is 7.54. The number of furan rings is 1. The maximum absolute atomic E-state index is 12.3. The Labute approximate surface area is 141 Å². The molecule has 122 valence electrons. The lowest BCUT2D eigenvalue weighted by Crippen LogP contribution is -2.49. The minimum absolute atomic E-state index is 0. The topological polar surface area (TPSA) is 68.3 Å². The van der Waals surface area contributed by atoms with Gasteiger partial charge >= 0.3 is 0 Å². The van der Waals surface area contributed by atoms with Crippen LogP contribution in [0.5, 0.6) is 0 Å². The number of para-hydroxylation sites is 1. The van der Waals surface area contributed by atoms with Gasteiger partial charge in [-0.2, -0.15) is 0 Å². The molecule has 0 radical (unpaired) electrons. The maximum atomic E-state index is 12.3. The van der Waals surface area contributed by atoms with Crippen LogP contribution in [0.3, 0.4) is 0 Å². The number of rotatable bonds is 5. The van der Waals surface area contributed by atoms with Crippen LogP contribution in [0.15, 0.2) is 22.6 Å². The highest BCUT2D eigenvalue weighted by atomic mass is 35.5. The number of hydrogen-bond donors (Lipinski definition) is 2. The van der Waals surface area contributed by atoms with Gasteiger partial charge in [0.15, 0.2) is 11.3 Å². The Balaban J connectivity index is 0.00000242. The second-order valence-corrected chi connectivity index (χ2v) is 5.83. The van der Waals surface area contributed by atoms with Gasteiger partial charge in [0, 0.05) is 23.0 Å². The van der Waals surface area contributed by atoms with Crippen molar-refractivity contribution in [2.45, 2.75) is 39.2 Å². The summed E-state index contributed by atoms with van der Waals surface area (Å²) in [6.45, 7) is 6.30. The van der Waals surface area contributed by atoms with Crippen molar-refractivity contribution in [2.24, 2.45) is 5.73 Å². The van der Waals surface area contributed by atoms with Gasteiger partial charge in [-0.1, -0.05) is 37.6 Å². The van der Waals surface area contributed by atoms with Crippen molar-refractivity contribution < 1.29 is 9.21 Å². The van der Waals surface area contributed by atoms with Crippen molar-refractivity contribution >= 4 is 40.9 Å². The van der Waals surface area contributed by atoms with Crippen LogP contribution < -0.4 is 11.1 Å². The molecule has 0 fully saturated rings. The third kappa shape index (κ3) is 3.57. The fraction of sp³-hybridized carbons (Fsp3) is 0.438. The predicted octanol–water partition coefficient (Wildman–Crippen LogP) is 4.06. The van der Waals surface area contributed by atoms with Crippen molar-refractivity contribution in [1.82, 2.24) is 5.32 Å². The summed E-state index contributed by atoms with van der Waals surface area (Å²) >= 11 is 6.10. The molecule has 3 N–H and O–H groups in total. The highest BCUT2D eigenvalue weighted by molar-refractivity contribution is 6.35. The number of carbonyl (C=O) groups is 1. The third-order valence-corrected chi connectivity index (χ3v) is 4.43. The van der Waals surface area contributed by atoms with Gasteiger partial charge < -0.3 is 15.5 Å². The van der Waals surface area contributed by atoms with E-state index >= 15 is 0 Å². The van der Waals surface area contributed by atoms with E-state index in [1.165, 1.54) is 0 Å². The Morgan fingerprint density at radius 2 is 2.00 bits per heavy atom. The molecule has 0 spiro atoms. The highest BCUT2D eigenvalue weighted by Crippen LogP contribution is 2.30. The summed E-state index contributed by atoms with van der Waals surface area (Å²) in [5, 5.41) is 4.23. The van der Waals surface area contributed by atoms with Crippen LogP contribution >= 0.6 is 24.0 Å².